The van der Waals surface area contributed by atoms with Crippen LogP contribution in [-0.4, -0.2) is 28.2 Å². The van der Waals surface area contributed by atoms with Crippen molar-refractivity contribution >= 4 is 33.2 Å². The number of hydrogen-bond acceptors (Lipinski definition) is 4. The third-order valence-corrected chi connectivity index (χ3v) is 4.95. The molecule has 0 aliphatic heterocycles. The zero-order chi connectivity index (χ0) is 14.6. The number of sulfonamides is 1. The Hall–Kier alpha value is -0.370. The number of rotatable bonds is 6. The van der Waals surface area contributed by atoms with E-state index in [1.807, 2.05) is 0 Å². The molecule has 0 aromatic heterocycles. The van der Waals surface area contributed by atoms with Crippen LogP contribution in [0.1, 0.15) is 12.5 Å². The standard InChI is InChI=1S/C11H16Cl2N2O3S/c1-7(6-18-2)15-19(16,17)10-4-3-9(12)8(5-14)11(10)13/h3-4,7,15H,5-6,14H2,1-2H3. The van der Waals surface area contributed by atoms with Crippen molar-refractivity contribution in [3.05, 3.63) is 27.7 Å². The molecule has 0 aliphatic carbocycles. The monoisotopic (exact) mass is 326 g/mol. The van der Waals surface area contributed by atoms with Crippen molar-refractivity contribution in [2.24, 2.45) is 5.73 Å². The SMILES string of the molecule is COCC(C)NS(=O)(=O)c1ccc(Cl)c(CN)c1Cl. The molecule has 0 spiro atoms. The lowest BCUT2D eigenvalue weighted by atomic mass is 10.2. The first-order valence-corrected chi connectivity index (χ1v) is 7.75. The highest BCUT2D eigenvalue weighted by Crippen LogP contribution is 2.30. The molecule has 8 heteroatoms. The molecule has 0 heterocycles. The minimum Gasteiger partial charge on any atom is -0.383 e. The lowest BCUT2D eigenvalue weighted by molar-refractivity contribution is 0.180. The van der Waals surface area contributed by atoms with Crippen LogP contribution in [-0.2, 0) is 21.3 Å². The van der Waals surface area contributed by atoms with Gasteiger partial charge < -0.3 is 10.5 Å². The van der Waals surface area contributed by atoms with Crippen molar-refractivity contribution in [2.45, 2.75) is 24.4 Å². The van der Waals surface area contributed by atoms with E-state index >= 15 is 0 Å². The van der Waals surface area contributed by atoms with Gasteiger partial charge in [-0.05, 0) is 19.1 Å². The van der Waals surface area contributed by atoms with Crippen molar-refractivity contribution in [1.29, 1.82) is 0 Å². The second-order valence-corrected chi connectivity index (χ2v) is 6.49. The van der Waals surface area contributed by atoms with E-state index < -0.39 is 10.0 Å². The van der Waals surface area contributed by atoms with Crippen molar-refractivity contribution in [2.75, 3.05) is 13.7 Å². The van der Waals surface area contributed by atoms with E-state index in [-0.39, 0.29) is 29.1 Å². The first-order valence-electron chi connectivity index (χ1n) is 5.51. The molecule has 1 aromatic rings. The number of hydrogen-bond donors (Lipinski definition) is 2. The second kappa shape index (κ2) is 6.88. The lowest BCUT2D eigenvalue weighted by Crippen LogP contribution is -2.35. The van der Waals surface area contributed by atoms with E-state index in [1.54, 1.807) is 6.92 Å². The maximum absolute atomic E-state index is 12.2. The fourth-order valence-electron chi connectivity index (χ4n) is 1.58. The minimum atomic E-state index is -3.74. The van der Waals surface area contributed by atoms with Gasteiger partial charge >= 0.3 is 0 Å². The van der Waals surface area contributed by atoms with Gasteiger partial charge in [-0.15, -0.1) is 0 Å². The largest absolute Gasteiger partial charge is 0.383 e. The highest BCUT2D eigenvalue weighted by atomic mass is 35.5. The highest BCUT2D eigenvalue weighted by Gasteiger charge is 2.22. The predicted octanol–water partition coefficient (Wildman–Crippen LogP) is 1.77. The van der Waals surface area contributed by atoms with Crippen LogP contribution >= 0.6 is 23.2 Å². The number of ether oxygens (including phenoxy) is 1. The van der Waals surface area contributed by atoms with Gasteiger partial charge in [0, 0.05) is 30.3 Å². The molecule has 0 saturated heterocycles. The van der Waals surface area contributed by atoms with Crippen LogP contribution in [0.15, 0.2) is 17.0 Å². The van der Waals surface area contributed by atoms with Gasteiger partial charge in [0.05, 0.1) is 11.6 Å². The smallest absolute Gasteiger partial charge is 0.242 e. The third-order valence-electron chi connectivity index (χ3n) is 2.42. The average molecular weight is 327 g/mol. The highest BCUT2D eigenvalue weighted by molar-refractivity contribution is 7.89. The number of nitrogens with two attached hydrogens (primary N) is 1. The average Bonchev–Trinajstić information content (AvgIpc) is 2.28. The van der Waals surface area contributed by atoms with Gasteiger partial charge in [0.25, 0.3) is 0 Å². The summed E-state index contributed by atoms with van der Waals surface area (Å²) in [4.78, 5) is -0.0398. The van der Waals surface area contributed by atoms with Gasteiger partial charge in [-0.1, -0.05) is 23.2 Å². The molecular formula is C11H16Cl2N2O3S. The molecule has 0 bridgehead atoms. The van der Waals surface area contributed by atoms with Crippen molar-refractivity contribution in [3.63, 3.8) is 0 Å². The second-order valence-electron chi connectivity index (χ2n) is 4.02. The molecule has 19 heavy (non-hydrogen) atoms. The summed E-state index contributed by atoms with van der Waals surface area (Å²) in [6.07, 6.45) is 0. The Bertz CT molecular complexity index is 549. The Morgan fingerprint density at radius 2 is 2.05 bits per heavy atom. The summed E-state index contributed by atoms with van der Waals surface area (Å²) in [6.45, 7) is 2.01. The maximum Gasteiger partial charge on any atom is 0.242 e. The quantitative estimate of drug-likeness (QED) is 0.834. The maximum atomic E-state index is 12.2. The van der Waals surface area contributed by atoms with E-state index in [9.17, 15) is 8.42 Å². The van der Waals surface area contributed by atoms with Crippen LogP contribution < -0.4 is 10.5 Å². The first kappa shape index (κ1) is 16.7. The van der Waals surface area contributed by atoms with Gasteiger partial charge in [0.1, 0.15) is 4.90 Å². The summed E-state index contributed by atoms with van der Waals surface area (Å²) in [7, 11) is -2.25. The molecule has 0 fully saturated rings. The van der Waals surface area contributed by atoms with E-state index in [2.05, 4.69) is 4.72 Å². The molecule has 1 rings (SSSR count). The number of methoxy groups -OCH3 is 1. The minimum absolute atomic E-state index is 0.0398. The van der Waals surface area contributed by atoms with E-state index in [4.69, 9.17) is 33.7 Å². The molecule has 1 unspecified atom stereocenters. The van der Waals surface area contributed by atoms with Gasteiger partial charge in [-0.2, -0.15) is 0 Å². The topological polar surface area (TPSA) is 81.4 Å². The predicted molar refractivity (Wildman–Crippen MR) is 76.0 cm³/mol. The van der Waals surface area contributed by atoms with Crippen molar-refractivity contribution in [3.8, 4) is 0 Å². The zero-order valence-electron chi connectivity index (χ0n) is 10.6. The molecule has 0 saturated carbocycles. The molecular weight excluding hydrogens is 311 g/mol. The number of halogens is 2. The molecule has 1 aromatic carbocycles. The zero-order valence-corrected chi connectivity index (χ0v) is 12.9. The molecule has 0 aliphatic rings. The normalized spacial score (nSPS) is 13.5. The van der Waals surface area contributed by atoms with E-state index in [0.29, 0.717) is 10.6 Å². The van der Waals surface area contributed by atoms with Crippen LogP contribution in [0.2, 0.25) is 10.0 Å². The van der Waals surface area contributed by atoms with Gasteiger partial charge in [0.2, 0.25) is 10.0 Å². The van der Waals surface area contributed by atoms with Gasteiger partial charge in [-0.3, -0.25) is 0 Å². The Labute approximate surface area is 123 Å². The summed E-state index contributed by atoms with van der Waals surface area (Å²) < 4.78 is 31.7. The first-order chi connectivity index (χ1) is 8.83. The fourth-order valence-corrected chi connectivity index (χ4v) is 3.74. The molecule has 3 N–H and O–H groups in total. The van der Waals surface area contributed by atoms with Crippen molar-refractivity contribution in [1.82, 2.24) is 4.72 Å². The Morgan fingerprint density at radius 1 is 1.42 bits per heavy atom. The van der Waals surface area contributed by atoms with Crippen LogP contribution in [0.25, 0.3) is 0 Å². The molecule has 1 atom stereocenters. The molecule has 5 nitrogen and oxygen atoms in total. The Morgan fingerprint density at radius 3 is 2.58 bits per heavy atom. The molecule has 0 radical (unpaired) electrons. The summed E-state index contributed by atoms with van der Waals surface area (Å²) in [5.74, 6) is 0. The van der Waals surface area contributed by atoms with Crippen LogP contribution in [0, 0.1) is 0 Å². The molecule has 0 amide bonds. The number of nitrogens with one attached hydrogen (secondary N) is 1. The lowest BCUT2D eigenvalue weighted by Gasteiger charge is -2.15. The summed E-state index contributed by atoms with van der Waals surface area (Å²) >= 11 is 12.0. The van der Waals surface area contributed by atoms with E-state index in [0.717, 1.165) is 0 Å². The van der Waals surface area contributed by atoms with Crippen LogP contribution in [0.3, 0.4) is 0 Å². The van der Waals surface area contributed by atoms with E-state index in [1.165, 1.54) is 19.2 Å². The van der Waals surface area contributed by atoms with Gasteiger partial charge in [0.15, 0.2) is 0 Å². The summed E-state index contributed by atoms with van der Waals surface area (Å²) in [6, 6.07) is 2.44. The fraction of sp³-hybridized carbons (Fsp3) is 0.455. The van der Waals surface area contributed by atoms with Crippen LogP contribution in [0.4, 0.5) is 0 Å². The Kier molecular flexibility index (Phi) is 6.04. The van der Waals surface area contributed by atoms with Crippen LogP contribution in [0.5, 0.6) is 0 Å². The van der Waals surface area contributed by atoms with Crippen molar-refractivity contribution < 1.29 is 13.2 Å². The summed E-state index contributed by atoms with van der Waals surface area (Å²) in [5, 5.41) is 0.392. The third kappa shape index (κ3) is 4.05. The molecule has 108 valence electrons. The number of benzene rings is 1. The summed E-state index contributed by atoms with van der Waals surface area (Å²) in [5.41, 5.74) is 5.92. The van der Waals surface area contributed by atoms with Gasteiger partial charge in [-0.25, -0.2) is 13.1 Å². The Balaban J connectivity index is 3.15.